The molecule has 0 aliphatic rings. The molecule has 0 aliphatic carbocycles. The van der Waals surface area contributed by atoms with Gasteiger partial charge in [-0.1, -0.05) is 17.7 Å². The van der Waals surface area contributed by atoms with E-state index in [1.165, 1.54) is 24.5 Å². The van der Waals surface area contributed by atoms with Gasteiger partial charge < -0.3 is 5.11 Å². The number of aromatic nitrogens is 2. The lowest BCUT2D eigenvalue weighted by Crippen LogP contribution is -2.49. The maximum atomic E-state index is 14.4. The van der Waals surface area contributed by atoms with Crippen molar-refractivity contribution in [3.05, 3.63) is 94.3 Å². The fraction of sp³-hybridized carbons (Fsp3) is 0.273. The molecule has 10 heteroatoms. The molecular formula is C22H19ClF5N3O. The smallest absolute Gasteiger partial charge is 0.389 e. The summed E-state index contributed by atoms with van der Waals surface area (Å²) in [4.78, 5) is 8.47. The van der Waals surface area contributed by atoms with E-state index in [1.807, 2.05) is 0 Å². The first-order valence-electron chi connectivity index (χ1n) is 9.53. The largest absolute Gasteiger partial charge is 0.416 e. The number of pyridine rings is 2. The van der Waals surface area contributed by atoms with E-state index < -0.39 is 35.9 Å². The van der Waals surface area contributed by atoms with Crippen molar-refractivity contribution >= 4 is 11.6 Å². The molecule has 3 aromatic rings. The normalized spacial score (nSPS) is 14.7. The molecule has 4 nitrogen and oxygen atoms in total. The van der Waals surface area contributed by atoms with E-state index in [0.717, 1.165) is 12.1 Å². The number of aliphatic hydroxyl groups excluding tert-OH is 1. The highest BCUT2D eigenvalue weighted by Gasteiger charge is 2.40. The van der Waals surface area contributed by atoms with Crippen LogP contribution in [-0.2, 0) is 18.1 Å². The molecule has 0 saturated heterocycles. The van der Waals surface area contributed by atoms with E-state index in [-0.39, 0.29) is 29.2 Å². The Bertz CT molecular complexity index is 1030. The first-order chi connectivity index (χ1) is 15.1. The average molecular weight is 472 g/mol. The molecule has 2 aromatic heterocycles. The molecule has 0 bridgehead atoms. The summed E-state index contributed by atoms with van der Waals surface area (Å²) in [6, 6.07) is 10.1. The lowest BCUT2D eigenvalue weighted by molar-refractivity contribution is -0.137. The van der Waals surface area contributed by atoms with Crippen molar-refractivity contribution in [2.75, 3.05) is 13.2 Å². The first kappa shape index (κ1) is 24.0. The first-order valence-corrected chi connectivity index (χ1v) is 9.91. The minimum Gasteiger partial charge on any atom is -0.389 e. The molecule has 1 unspecified atom stereocenters. The minimum atomic E-state index is -4.81. The van der Waals surface area contributed by atoms with E-state index in [2.05, 4.69) is 15.3 Å². The number of halogens is 6. The second kappa shape index (κ2) is 9.89. The van der Waals surface area contributed by atoms with Crippen molar-refractivity contribution < 1.29 is 27.1 Å². The minimum absolute atomic E-state index is 0.0672. The summed E-state index contributed by atoms with van der Waals surface area (Å²) < 4.78 is 67.8. The Labute approximate surface area is 186 Å². The summed E-state index contributed by atoms with van der Waals surface area (Å²) in [6.45, 7) is -1.43. The number of nitrogens with zero attached hydrogens (tertiary/aromatic N) is 2. The monoisotopic (exact) mass is 471 g/mol. The zero-order chi connectivity index (χ0) is 23.4. The van der Waals surface area contributed by atoms with E-state index in [0.29, 0.717) is 11.8 Å². The molecule has 0 aliphatic heterocycles. The van der Waals surface area contributed by atoms with Crippen molar-refractivity contribution in [1.82, 2.24) is 15.3 Å². The Morgan fingerprint density at radius 3 is 2.38 bits per heavy atom. The maximum Gasteiger partial charge on any atom is 0.416 e. The molecule has 1 aromatic carbocycles. The molecule has 0 radical (unpaired) electrons. The van der Waals surface area contributed by atoms with Crippen LogP contribution in [0.3, 0.4) is 0 Å². The van der Waals surface area contributed by atoms with Crippen molar-refractivity contribution in [3.8, 4) is 0 Å². The highest BCUT2D eigenvalue weighted by Crippen LogP contribution is 2.37. The fourth-order valence-electron chi connectivity index (χ4n) is 3.34. The van der Waals surface area contributed by atoms with Crippen molar-refractivity contribution in [2.45, 2.75) is 24.2 Å². The quantitative estimate of drug-likeness (QED) is 0.468. The highest BCUT2D eigenvalue weighted by molar-refractivity contribution is 6.30. The van der Waals surface area contributed by atoms with Crippen LogP contribution >= 0.6 is 11.6 Å². The zero-order valence-electron chi connectivity index (χ0n) is 16.6. The fourth-order valence-corrected chi connectivity index (χ4v) is 3.46. The van der Waals surface area contributed by atoms with E-state index in [1.54, 1.807) is 18.2 Å². The summed E-state index contributed by atoms with van der Waals surface area (Å²) in [5.74, 6) is -1.11. The van der Waals surface area contributed by atoms with Gasteiger partial charge in [0.05, 0.1) is 27.9 Å². The SMILES string of the molecule is OC(CF)CN[C@@](Cc1ccccn1)(c1cc(F)cc(C(F)(F)F)c1)c1ccc(Cl)cn1. The van der Waals surface area contributed by atoms with Gasteiger partial charge in [0.15, 0.2) is 0 Å². The predicted octanol–water partition coefficient (Wildman–Crippen LogP) is 4.69. The Morgan fingerprint density at radius 1 is 1.03 bits per heavy atom. The molecule has 0 spiro atoms. The van der Waals surface area contributed by atoms with Crippen LogP contribution in [0.25, 0.3) is 0 Å². The van der Waals surface area contributed by atoms with Crippen LogP contribution < -0.4 is 5.32 Å². The highest BCUT2D eigenvalue weighted by atomic mass is 35.5. The number of nitrogens with one attached hydrogen (secondary N) is 1. The lowest BCUT2D eigenvalue weighted by Gasteiger charge is -2.36. The molecule has 2 heterocycles. The number of alkyl halides is 4. The van der Waals surface area contributed by atoms with Gasteiger partial charge in [-0.3, -0.25) is 15.3 Å². The molecule has 0 fully saturated rings. The summed E-state index contributed by atoms with van der Waals surface area (Å²) in [7, 11) is 0. The van der Waals surface area contributed by atoms with Gasteiger partial charge in [-0.2, -0.15) is 13.2 Å². The van der Waals surface area contributed by atoms with Gasteiger partial charge in [0.25, 0.3) is 0 Å². The molecule has 2 N–H and O–H groups in total. The van der Waals surface area contributed by atoms with Gasteiger partial charge in [0.1, 0.15) is 12.5 Å². The molecular weight excluding hydrogens is 453 g/mol. The summed E-state index contributed by atoms with van der Waals surface area (Å²) in [5.41, 5.74) is -2.25. The molecule has 170 valence electrons. The van der Waals surface area contributed by atoms with Crippen molar-refractivity contribution in [1.29, 1.82) is 0 Å². The van der Waals surface area contributed by atoms with Crippen LogP contribution in [0.4, 0.5) is 22.0 Å². The summed E-state index contributed by atoms with van der Waals surface area (Å²) in [6.07, 6.45) is -3.53. The molecule has 0 amide bonds. The Kier molecular flexibility index (Phi) is 7.43. The number of benzene rings is 1. The van der Waals surface area contributed by atoms with Crippen LogP contribution in [0.15, 0.2) is 60.9 Å². The third kappa shape index (κ3) is 5.59. The second-order valence-corrected chi connectivity index (χ2v) is 7.62. The number of hydrogen-bond acceptors (Lipinski definition) is 4. The molecule has 2 atom stereocenters. The second-order valence-electron chi connectivity index (χ2n) is 7.18. The van der Waals surface area contributed by atoms with Crippen molar-refractivity contribution in [3.63, 3.8) is 0 Å². The summed E-state index contributed by atoms with van der Waals surface area (Å²) in [5, 5.41) is 13.0. The zero-order valence-corrected chi connectivity index (χ0v) is 17.3. The van der Waals surface area contributed by atoms with Crippen LogP contribution in [0.1, 0.15) is 22.5 Å². The van der Waals surface area contributed by atoms with Gasteiger partial charge in [-0.15, -0.1) is 0 Å². The average Bonchev–Trinajstić information content (AvgIpc) is 2.76. The van der Waals surface area contributed by atoms with Crippen LogP contribution in [-0.4, -0.2) is 34.4 Å². The third-order valence-electron chi connectivity index (χ3n) is 4.87. The van der Waals surface area contributed by atoms with Crippen LogP contribution in [0, 0.1) is 5.82 Å². The standard InChI is InChI=1S/C22H19ClF5N3O/c23-16-4-5-20(30-12-16)21(31-13-19(32)11-24,10-18-3-1-2-6-29-18)14-7-15(22(26,27)28)9-17(25)8-14/h1-9,12,19,31-32H,10-11,13H2/t19?,21-/m0/s1. The topological polar surface area (TPSA) is 58.0 Å². The number of rotatable bonds is 8. The Hall–Kier alpha value is -2.62. The third-order valence-corrected chi connectivity index (χ3v) is 5.10. The van der Waals surface area contributed by atoms with Gasteiger partial charge >= 0.3 is 6.18 Å². The van der Waals surface area contributed by atoms with Crippen LogP contribution in [0.5, 0.6) is 0 Å². The summed E-state index contributed by atoms with van der Waals surface area (Å²) >= 11 is 5.93. The van der Waals surface area contributed by atoms with E-state index in [9.17, 15) is 27.1 Å². The van der Waals surface area contributed by atoms with Gasteiger partial charge in [-0.05, 0) is 48.0 Å². The van der Waals surface area contributed by atoms with Gasteiger partial charge in [0, 0.05) is 31.1 Å². The van der Waals surface area contributed by atoms with Gasteiger partial charge in [-0.25, -0.2) is 8.78 Å². The van der Waals surface area contributed by atoms with Crippen LogP contribution in [0.2, 0.25) is 5.02 Å². The predicted molar refractivity (Wildman–Crippen MR) is 109 cm³/mol. The number of hydrogen-bond donors (Lipinski definition) is 2. The number of aliphatic hydroxyl groups is 1. The van der Waals surface area contributed by atoms with Crippen molar-refractivity contribution in [2.24, 2.45) is 0 Å². The molecule has 3 rings (SSSR count). The maximum absolute atomic E-state index is 14.4. The molecule has 0 saturated carbocycles. The Morgan fingerprint density at radius 2 is 1.78 bits per heavy atom. The lowest BCUT2D eigenvalue weighted by atomic mass is 9.80. The Balaban J connectivity index is 2.26. The van der Waals surface area contributed by atoms with E-state index in [4.69, 9.17) is 11.6 Å². The van der Waals surface area contributed by atoms with Gasteiger partial charge in [0.2, 0.25) is 0 Å². The molecule has 32 heavy (non-hydrogen) atoms. The van der Waals surface area contributed by atoms with E-state index >= 15 is 0 Å².